The molecular weight excluding hydrogens is 238 g/mol. The van der Waals surface area contributed by atoms with E-state index in [1.165, 1.54) is 32.1 Å². The Morgan fingerprint density at radius 3 is 2.53 bits per heavy atom. The Morgan fingerprint density at radius 2 is 1.89 bits per heavy atom. The molecule has 2 heterocycles. The van der Waals surface area contributed by atoms with Gasteiger partial charge in [0, 0.05) is 25.0 Å². The lowest BCUT2D eigenvalue weighted by Gasteiger charge is -2.21. The lowest BCUT2D eigenvalue weighted by molar-refractivity contribution is 0.330. The zero-order chi connectivity index (χ0) is 13.4. The Bertz CT molecular complexity index is 575. The standard InChI is InChI=1S/C14H21N5/c1-10-12(8-18(2)16-10)14-13(15)9-19(17-14)11-6-4-3-5-7-11/h8-9,11H,3-7,15H2,1-2H3. The van der Waals surface area contributed by atoms with Gasteiger partial charge in [-0.2, -0.15) is 10.2 Å². The lowest BCUT2D eigenvalue weighted by atomic mass is 9.96. The van der Waals surface area contributed by atoms with Crippen LogP contribution in [0.4, 0.5) is 5.69 Å². The summed E-state index contributed by atoms with van der Waals surface area (Å²) in [5.41, 5.74) is 9.77. The van der Waals surface area contributed by atoms with Crippen molar-refractivity contribution in [2.75, 3.05) is 5.73 Å². The average molecular weight is 259 g/mol. The summed E-state index contributed by atoms with van der Waals surface area (Å²) in [5, 5.41) is 9.08. The summed E-state index contributed by atoms with van der Waals surface area (Å²) in [5.74, 6) is 0. The maximum absolute atomic E-state index is 6.14. The molecule has 2 aromatic rings. The molecule has 1 saturated carbocycles. The minimum atomic E-state index is 0.516. The number of hydrogen-bond acceptors (Lipinski definition) is 3. The highest BCUT2D eigenvalue weighted by atomic mass is 15.3. The van der Waals surface area contributed by atoms with Gasteiger partial charge in [0.05, 0.1) is 17.4 Å². The van der Waals surface area contributed by atoms with E-state index in [0.717, 1.165) is 22.6 Å². The van der Waals surface area contributed by atoms with E-state index in [1.807, 2.05) is 31.0 Å². The molecule has 0 aliphatic heterocycles. The second-order valence-corrected chi connectivity index (χ2v) is 5.51. The van der Waals surface area contributed by atoms with Crippen LogP contribution in [0.2, 0.25) is 0 Å². The zero-order valence-electron chi connectivity index (χ0n) is 11.6. The van der Waals surface area contributed by atoms with Crippen LogP contribution in [-0.4, -0.2) is 19.6 Å². The fourth-order valence-corrected chi connectivity index (χ4v) is 2.98. The molecule has 102 valence electrons. The van der Waals surface area contributed by atoms with Gasteiger partial charge in [0.25, 0.3) is 0 Å². The second kappa shape index (κ2) is 4.72. The Hall–Kier alpha value is -1.78. The van der Waals surface area contributed by atoms with E-state index in [0.29, 0.717) is 6.04 Å². The molecule has 5 nitrogen and oxygen atoms in total. The molecule has 0 bridgehead atoms. The van der Waals surface area contributed by atoms with Crippen molar-refractivity contribution in [3.05, 3.63) is 18.1 Å². The van der Waals surface area contributed by atoms with Gasteiger partial charge in [-0.3, -0.25) is 9.36 Å². The fraction of sp³-hybridized carbons (Fsp3) is 0.571. The highest BCUT2D eigenvalue weighted by molar-refractivity contribution is 5.73. The van der Waals surface area contributed by atoms with Crippen molar-refractivity contribution >= 4 is 5.69 Å². The number of anilines is 1. The summed E-state index contributed by atoms with van der Waals surface area (Å²) in [6, 6.07) is 0.516. The molecule has 0 aromatic carbocycles. The number of nitrogens with two attached hydrogens (primary N) is 1. The van der Waals surface area contributed by atoms with Crippen molar-refractivity contribution in [3.8, 4) is 11.3 Å². The van der Waals surface area contributed by atoms with Crippen molar-refractivity contribution in [2.24, 2.45) is 7.05 Å². The first-order valence-electron chi connectivity index (χ1n) is 7.00. The molecule has 1 fully saturated rings. The Balaban J connectivity index is 1.95. The molecule has 0 spiro atoms. The van der Waals surface area contributed by atoms with Crippen LogP contribution in [0, 0.1) is 6.92 Å². The van der Waals surface area contributed by atoms with Gasteiger partial charge in [0.15, 0.2) is 0 Å². The van der Waals surface area contributed by atoms with Gasteiger partial charge < -0.3 is 5.73 Å². The number of nitrogens with zero attached hydrogens (tertiary/aromatic N) is 4. The van der Waals surface area contributed by atoms with E-state index in [-0.39, 0.29) is 0 Å². The SMILES string of the molecule is Cc1nn(C)cc1-c1nn(C2CCCCC2)cc1N. The van der Waals surface area contributed by atoms with Crippen LogP contribution < -0.4 is 5.73 Å². The van der Waals surface area contributed by atoms with Crippen molar-refractivity contribution in [3.63, 3.8) is 0 Å². The number of aryl methyl sites for hydroxylation is 2. The van der Waals surface area contributed by atoms with E-state index in [9.17, 15) is 0 Å². The van der Waals surface area contributed by atoms with Gasteiger partial charge in [-0.15, -0.1) is 0 Å². The summed E-state index contributed by atoms with van der Waals surface area (Å²) in [6.45, 7) is 1.99. The Labute approximate surface area is 113 Å². The Morgan fingerprint density at radius 1 is 1.16 bits per heavy atom. The smallest absolute Gasteiger partial charge is 0.119 e. The zero-order valence-corrected chi connectivity index (χ0v) is 11.6. The predicted octanol–water partition coefficient (Wildman–Crippen LogP) is 2.68. The molecule has 2 N–H and O–H groups in total. The van der Waals surface area contributed by atoms with Crippen molar-refractivity contribution in [2.45, 2.75) is 45.1 Å². The van der Waals surface area contributed by atoms with Gasteiger partial charge in [-0.25, -0.2) is 0 Å². The summed E-state index contributed by atoms with van der Waals surface area (Å²) in [4.78, 5) is 0. The topological polar surface area (TPSA) is 61.7 Å². The first kappa shape index (κ1) is 12.3. The van der Waals surface area contributed by atoms with E-state index >= 15 is 0 Å². The van der Waals surface area contributed by atoms with Crippen molar-refractivity contribution in [1.82, 2.24) is 19.6 Å². The molecule has 0 saturated heterocycles. The molecule has 1 aliphatic carbocycles. The van der Waals surface area contributed by atoms with Crippen molar-refractivity contribution < 1.29 is 0 Å². The maximum atomic E-state index is 6.14. The van der Waals surface area contributed by atoms with Gasteiger partial charge in [0.1, 0.15) is 5.69 Å². The largest absolute Gasteiger partial charge is 0.396 e. The van der Waals surface area contributed by atoms with Gasteiger partial charge in [0.2, 0.25) is 0 Å². The molecular formula is C14H21N5. The normalized spacial score (nSPS) is 16.9. The molecule has 5 heteroatoms. The lowest BCUT2D eigenvalue weighted by Crippen LogP contribution is -2.13. The highest BCUT2D eigenvalue weighted by Gasteiger charge is 2.19. The van der Waals surface area contributed by atoms with E-state index in [2.05, 4.69) is 9.78 Å². The molecule has 0 unspecified atom stereocenters. The molecule has 1 aliphatic rings. The number of rotatable bonds is 2. The van der Waals surface area contributed by atoms with Crippen molar-refractivity contribution in [1.29, 1.82) is 0 Å². The summed E-state index contributed by atoms with van der Waals surface area (Å²) >= 11 is 0. The first-order valence-corrected chi connectivity index (χ1v) is 7.00. The summed E-state index contributed by atoms with van der Waals surface area (Å²) < 4.78 is 3.88. The quantitative estimate of drug-likeness (QED) is 0.902. The van der Waals surface area contributed by atoms with Crippen LogP contribution in [0.15, 0.2) is 12.4 Å². The van der Waals surface area contributed by atoms with Crippen LogP contribution in [0.25, 0.3) is 11.3 Å². The molecule has 0 radical (unpaired) electrons. The molecule has 0 amide bonds. The predicted molar refractivity (Wildman–Crippen MR) is 75.7 cm³/mol. The summed E-state index contributed by atoms with van der Waals surface area (Å²) in [7, 11) is 1.92. The monoisotopic (exact) mass is 259 g/mol. The van der Waals surface area contributed by atoms with E-state index < -0.39 is 0 Å². The van der Waals surface area contributed by atoms with Crippen LogP contribution in [0.3, 0.4) is 0 Å². The van der Waals surface area contributed by atoms with Crippen LogP contribution in [0.1, 0.15) is 43.8 Å². The number of nitrogen functional groups attached to an aromatic ring is 1. The van der Waals surface area contributed by atoms with Crippen LogP contribution in [-0.2, 0) is 7.05 Å². The maximum Gasteiger partial charge on any atom is 0.119 e. The average Bonchev–Trinajstić information content (AvgIpc) is 2.93. The van der Waals surface area contributed by atoms with E-state index in [1.54, 1.807) is 0 Å². The first-order chi connectivity index (χ1) is 9.15. The highest BCUT2D eigenvalue weighted by Crippen LogP contribution is 2.32. The van der Waals surface area contributed by atoms with Gasteiger partial charge >= 0.3 is 0 Å². The second-order valence-electron chi connectivity index (χ2n) is 5.51. The van der Waals surface area contributed by atoms with Crippen LogP contribution >= 0.6 is 0 Å². The molecule has 19 heavy (non-hydrogen) atoms. The number of hydrogen-bond donors (Lipinski definition) is 1. The van der Waals surface area contributed by atoms with E-state index in [4.69, 9.17) is 10.8 Å². The van der Waals surface area contributed by atoms with Crippen LogP contribution in [0.5, 0.6) is 0 Å². The minimum absolute atomic E-state index is 0.516. The Kier molecular flexibility index (Phi) is 3.05. The molecule has 2 aromatic heterocycles. The third-order valence-electron chi connectivity index (χ3n) is 3.98. The minimum Gasteiger partial charge on any atom is -0.396 e. The van der Waals surface area contributed by atoms with Gasteiger partial charge in [-0.05, 0) is 19.8 Å². The third kappa shape index (κ3) is 2.25. The fourth-order valence-electron chi connectivity index (χ4n) is 2.98. The van der Waals surface area contributed by atoms with Gasteiger partial charge in [-0.1, -0.05) is 19.3 Å². The number of aromatic nitrogens is 4. The summed E-state index contributed by atoms with van der Waals surface area (Å²) in [6.07, 6.45) is 10.3. The molecule has 3 rings (SSSR count). The molecule has 0 atom stereocenters. The third-order valence-corrected chi connectivity index (χ3v) is 3.98.